The van der Waals surface area contributed by atoms with Gasteiger partial charge in [-0.2, -0.15) is 0 Å². The first-order valence-corrected chi connectivity index (χ1v) is 8.97. The van der Waals surface area contributed by atoms with Crippen molar-refractivity contribution in [1.82, 2.24) is 10.2 Å². The van der Waals surface area contributed by atoms with E-state index in [4.69, 9.17) is 4.74 Å². The summed E-state index contributed by atoms with van der Waals surface area (Å²) in [5.74, 6) is 0.738. The van der Waals surface area contributed by atoms with Crippen LogP contribution in [0, 0.1) is 5.92 Å². The number of methoxy groups -OCH3 is 1. The van der Waals surface area contributed by atoms with E-state index in [9.17, 15) is 0 Å². The van der Waals surface area contributed by atoms with Crippen LogP contribution in [-0.2, 0) is 4.74 Å². The number of rotatable bonds is 7. The maximum atomic E-state index is 5.17. The van der Waals surface area contributed by atoms with Gasteiger partial charge in [-0.1, -0.05) is 42.0 Å². The van der Waals surface area contributed by atoms with Gasteiger partial charge in [-0.05, 0) is 50.8 Å². The van der Waals surface area contributed by atoms with Crippen molar-refractivity contribution in [2.75, 3.05) is 33.4 Å². The molecule has 0 unspecified atom stereocenters. The Balaban J connectivity index is 1.41. The lowest BCUT2D eigenvalue weighted by molar-refractivity contribution is 0.125. The molecule has 2 atom stereocenters. The Morgan fingerprint density at radius 1 is 1.26 bits per heavy atom. The molecule has 1 aliphatic carbocycles. The molecular formula is C20H30N2O. The molecule has 1 heterocycles. The number of hydrogen-bond donors (Lipinski definition) is 1. The van der Waals surface area contributed by atoms with Crippen LogP contribution in [0.2, 0.25) is 0 Å². The molecule has 1 saturated heterocycles. The molecule has 2 fully saturated rings. The van der Waals surface area contributed by atoms with Gasteiger partial charge in [-0.15, -0.1) is 0 Å². The molecule has 0 radical (unpaired) electrons. The Bertz CT molecular complexity index is 506. The van der Waals surface area contributed by atoms with Crippen molar-refractivity contribution in [3.8, 4) is 0 Å². The van der Waals surface area contributed by atoms with Crippen molar-refractivity contribution >= 4 is 6.08 Å². The third-order valence-corrected chi connectivity index (χ3v) is 5.22. The zero-order valence-corrected chi connectivity index (χ0v) is 14.5. The molecule has 0 amide bonds. The zero-order chi connectivity index (χ0) is 16.1. The monoisotopic (exact) mass is 314 g/mol. The SMILES string of the molecule is COCCN1CCC(N[C@@H]2C[C@H]2C(C)=Cc2ccccc2)CC1. The van der Waals surface area contributed by atoms with E-state index in [0.29, 0.717) is 12.1 Å². The maximum Gasteiger partial charge on any atom is 0.0589 e. The number of benzene rings is 1. The molecule has 3 nitrogen and oxygen atoms in total. The molecule has 1 aromatic rings. The predicted octanol–water partition coefficient (Wildman–Crippen LogP) is 3.18. The highest BCUT2D eigenvalue weighted by atomic mass is 16.5. The van der Waals surface area contributed by atoms with Gasteiger partial charge in [-0.3, -0.25) is 0 Å². The van der Waals surface area contributed by atoms with Crippen molar-refractivity contribution in [2.24, 2.45) is 5.92 Å². The van der Waals surface area contributed by atoms with Crippen LogP contribution in [0.15, 0.2) is 35.9 Å². The van der Waals surface area contributed by atoms with Gasteiger partial charge < -0.3 is 15.0 Å². The predicted molar refractivity (Wildman–Crippen MR) is 96.5 cm³/mol. The number of piperidine rings is 1. The van der Waals surface area contributed by atoms with E-state index in [-0.39, 0.29) is 0 Å². The summed E-state index contributed by atoms with van der Waals surface area (Å²) in [5.41, 5.74) is 2.84. The van der Waals surface area contributed by atoms with E-state index in [1.165, 1.54) is 43.5 Å². The van der Waals surface area contributed by atoms with Crippen LogP contribution in [0.5, 0.6) is 0 Å². The van der Waals surface area contributed by atoms with E-state index >= 15 is 0 Å². The summed E-state index contributed by atoms with van der Waals surface area (Å²) >= 11 is 0. The Labute approximate surface area is 140 Å². The normalized spacial score (nSPS) is 26.4. The molecule has 2 aliphatic rings. The molecule has 0 bridgehead atoms. The fourth-order valence-electron chi connectivity index (χ4n) is 3.65. The molecular weight excluding hydrogens is 284 g/mol. The van der Waals surface area contributed by atoms with E-state index in [2.05, 4.69) is 53.5 Å². The third-order valence-electron chi connectivity index (χ3n) is 5.22. The lowest BCUT2D eigenvalue weighted by Crippen LogP contribution is -2.44. The van der Waals surface area contributed by atoms with Crippen LogP contribution in [0.3, 0.4) is 0 Å². The Morgan fingerprint density at radius 3 is 2.70 bits per heavy atom. The van der Waals surface area contributed by atoms with Crippen molar-refractivity contribution in [1.29, 1.82) is 0 Å². The minimum atomic E-state index is 0.700. The summed E-state index contributed by atoms with van der Waals surface area (Å²) in [4.78, 5) is 2.52. The first kappa shape index (κ1) is 16.7. The van der Waals surface area contributed by atoms with Crippen molar-refractivity contribution in [3.05, 3.63) is 41.5 Å². The molecule has 3 heteroatoms. The molecule has 1 N–H and O–H groups in total. The van der Waals surface area contributed by atoms with Crippen LogP contribution in [0.25, 0.3) is 6.08 Å². The van der Waals surface area contributed by atoms with Gasteiger partial charge in [0.2, 0.25) is 0 Å². The van der Waals surface area contributed by atoms with Crippen LogP contribution in [0.1, 0.15) is 31.7 Å². The zero-order valence-electron chi connectivity index (χ0n) is 14.5. The molecule has 0 aromatic heterocycles. The summed E-state index contributed by atoms with van der Waals surface area (Å²) in [7, 11) is 1.78. The second-order valence-electron chi connectivity index (χ2n) is 7.02. The van der Waals surface area contributed by atoms with Crippen LogP contribution in [-0.4, -0.2) is 50.3 Å². The summed E-state index contributed by atoms with van der Waals surface area (Å²) in [6, 6.07) is 12.1. The smallest absolute Gasteiger partial charge is 0.0589 e. The van der Waals surface area contributed by atoms with Gasteiger partial charge >= 0.3 is 0 Å². The average molecular weight is 314 g/mol. The molecule has 1 aliphatic heterocycles. The topological polar surface area (TPSA) is 24.5 Å². The van der Waals surface area contributed by atoms with Crippen LogP contribution in [0.4, 0.5) is 0 Å². The molecule has 0 spiro atoms. The van der Waals surface area contributed by atoms with Crippen LogP contribution < -0.4 is 5.32 Å². The highest BCUT2D eigenvalue weighted by molar-refractivity contribution is 5.53. The highest BCUT2D eigenvalue weighted by Gasteiger charge is 2.39. The van der Waals surface area contributed by atoms with Crippen LogP contribution >= 0.6 is 0 Å². The first-order valence-electron chi connectivity index (χ1n) is 8.97. The highest BCUT2D eigenvalue weighted by Crippen LogP contribution is 2.38. The van der Waals surface area contributed by atoms with Gasteiger partial charge in [-0.25, -0.2) is 0 Å². The first-order chi connectivity index (χ1) is 11.3. The molecule has 23 heavy (non-hydrogen) atoms. The summed E-state index contributed by atoms with van der Waals surface area (Å²) in [6.07, 6.45) is 6.20. The van der Waals surface area contributed by atoms with Gasteiger partial charge in [0.15, 0.2) is 0 Å². The molecule has 1 aromatic carbocycles. The number of hydrogen-bond acceptors (Lipinski definition) is 3. The average Bonchev–Trinajstić information content (AvgIpc) is 3.34. The number of likely N-dealkylation sites (tertiary alicyclic amines) is 1. The second kappa shape index (κ2) is 8.09. The Morgan fingerprint density at radius 2 is 2.00 bits per heavy atom. The Hall–Kier alpha value is -1.16. The summed E-state index contributed by atoms with van der Waals surface area (Å²) in [6.45, 7) is 6.63. The van der Waals surface area contributed by atoms with Gasteiger partial charge in [0.05, 0.1) is 6.61 Å². The fraction of sp³-hybridized carbons (Fsp3) is 0.600. The van der Waals surface area contributed by atoms with Crippen molar-refractivity contribution < 1.29 is 4.74 Å². The number of nitrogens with one attached hydrogen (secondary N) is 1. The Kier molecular flexibility index (Phi) is 5.87. The molecule has 126 valence electrons. The molecule has 1 saturated carbocycles. The third kappa shape index (κ3) is 4.90. The largest absolute Gasteiger partial charge is 0.383 e. The number of nitrogens with zero attached hydrogens (tertiary/aromatic N) is 1. The van der Waals surface area contributed by atoms with Crippen molar-refractivity contribution in [2.45, 2.75) is 38.3 Å². The lowest BCUT2D eigenvalue weighted by atomic mass is 10.0. The van der Waals surface area contributed by atoms with E-state index in [1.807, 2.05) is 0 Å². The van der Waals surface area contributed by atoms with Gasteiger partial charge in [0, 0.05) is 25.7 Å². The second-order valence-corrected chi connectivity index (χ2v) is 7.02. The maximum absolute atomic E-state index is 5.17. The summed E-state index contributed by atoms with van der Waals surface area (Å²) < 4.78 is 5.17. The lowest BCUT2D eigenvalue weighted by Gasteiger charge is -2.32. The van der Waals surface area contributed by atoms with E-state index in [0.717, 1.165) is 19.1 Å². The summed E-state index contributed by atoms with van der Waals surface area (Å²) in [5, 5.41) is 3.89. The standard InChI is InChI=1S/C20H30N2O/c1-16(14-17-6-4-3-5-7-17)19-15-20(19)21-18-8-10-22(11-9-18)12-13-23-2/h3-7,14,18-21H,8-13,15H2,1-2H3/t19-,20+/m0/s1. The molecule has 3 rings (SSSR count). The minimum Gasteiger partial charge on any atom is -0.383 e. The van der Waals surface area contributed by atoms with Crippen molar-refractivity contribution in [3.63, 3.8) is 0 Å². The van der Waals surface area contributed by atoms with Gasteiger partial charge in [0.25, 0.3) is 0 Å². The minimum absolute atomic E-state index is 0.700. The van der Waals surface area contributed by atoms with E-state index in [1.54, 1.807) is 7.11 Å². The number of ether oxygens (including phenoxy) is 1. The fourth-order valence-corrected chi connectivity index (χ4v) is 3.65. The quantitative estimate of drug-likeness (QED) is 0.836. The van der Waals surface area contributed by atoms with E-state index < -0.39 is 0 Å². The van der Waals surface area contributed by atoms with Gasteiger partial charge in [0.1, 0.15) is 0 Å².